The van der Waals surface area contributed by atoms with E-state index in [9.17, 15) is 0 Å². The van der Waals surface area contributed by atoms with Crippen LogP contribution in [0.1, 0.15) is 5.56 Å². The summed E-state index contributed by atoms with van der Waals surface area (Å²) in [5, 5.41) is 28.3. The highest BCUT2D eigenvalue weighted by molar-refractivity contribution is 6.35. The third kappa shape index (κ3) is 9.91. The molecule has 0 aliphatic carbocycles. The number of aromatic nitrogens is 4. The van der Waals surface area contributed by atoms with Crippen molar-refractivity contribution < 1.29 is 34.8 Å². The Balaban J connectivity index is 0.000000592. The Morgan fingerprint density at radius 1 is 1.09 bits per heavy atom. The number of rotatable bonds is 8. The molecule has 0 spiro atoms. The van der Waals surface area contributed by atoms with Gasteiger partial charge in [0.2, 0.25) is 11.7 Å². The van der Waals surface area contributed by atoms with Crippen LogP contribution in [-0.2, 0) is 21.8 Å². The first-order chi connectivity index (χ1) is 20.9. The summed E-state index contributed by atoms with van der Waals surface area (Å²) < 4.78 is 20.6. The number of imidazole rings is 1. The molecule has 2 aromatic carbocycles. The molecule has 1 aliphatic rings. The van der Waals surface area contributed by atoms with Gasteiger partial charge in [0.05, 0.1) is 30.2 Å². The zero-order valence-electron chi connectivity index (χ0n) is 23.3. The lowest BCUT2D eigenvalue weighted by Crippen LogP contribution is -2.34. The van der Waals surface area contributed by atoms with Gasteiger partial charge in [-0.25, -0.2) is 15.0 Å². The number of anilines is 1. The molecule has 2 aromatic heterocycles. The van der Waals surface area contributed by atoms with Crippen molar-refractivity contribution in [3.63, 3.8) is 0 Å². The van der Waals surface area contributed by atoms with Crippen LogP contribution in [0.15, 0.2) is 73.4 Å². The molecule has 18 heteroatoms. The largest absolute Gasteiger partial charge is 0.491 e. The van der Waals surface area contributed by atoms with Crippen LogP contribution in [0.25, 0.3) is 11.3 Å². The Kier molecular flexibility index (Phi) is 12.0. The van der Waals surface area contributed by atoms with Crippen LogP contribution >= 0.6 is 23.2 Å². The Hall–Kier alpha value is -4.77. The summed E-state index contributed by atoms with van der Waals surface area (Å²) in [6.07, 6.45) is 6.72. The van der Waals surface area contributed by atoms with Gasteiger partial charge in [0.15, 0.2) is 0 Å². The second kappa shape index (κ2) is 15.6. The van der Waals surface area contributed by atoms with Crippen molar-refractivity contribution in [3.05, 3.63) is 109 Å². The number of benzene rings is 2. The molecule has 2 atom stereocenters. The van der Waals surface area contributed by atoms with E-state index in [1.165, 1.54) is 0 Å². The maximum Gasteiger partial charge on any atom is 0.291 e. The highest BCUT2D eigenvalue weighted by Gasteiger charge is 2.45. The van der Waals surface area contributed by atoms with E-state index in [2.05, 4.69) is 15.0 Å². The summed E-state index contributed by atoms with van der Waals surface area (Å²) in [5.74, 6) is 0.296. The lowest BCUT2D eigenvalue weighted by Gasteiger charge is -2.30. The van der Waals surface area contributed by atoms with Crippen LogP contribution in [0.4, 0.5) is 5.95 Å². The van der Waals surface area contributed by atoms with E-state index >= 15 is 0 Å². The van der Waals surface area contributed by atoms with Crippen molar-refractivity contribution >= 4 is 29.2 Å². The van der Waals surface area contributed by atoms with Gasteiger partial charge in [0, 0.05) is 48.8 Å². The first-order valence-corrected chi connectivity index (χ1v) is 13.3. The fraction of sp³-hybridized carbons (Fsp3) is 0.269. The summed E-state index contributed by atoms with van der Waals surface area (Å²) in [6, 6.07) is 14.9. The van der Waals surface area contributed by atoms with Gasteiger partial charge in [-0.1, -0.05) is 29.3 Å². The van der Waals surface area contributed by atoms with E-state index in [1.54, 1.807) is 30.9 Å². The molecule has 0 radical (unpaired) electrons. The molecule has 0 amide bonds. The monoisotopic (exact) mass is 651 g/mol. The van der Waals surface area contributed by atoms with Crippen molar-refractivity contribution in [3.8, 4) is 17.0 Å². The van der Waals surface area contributed by atoms with Gasteiger partial charge in [-0.05, 0) is 42.5 Å². The van der Waals surface area contributed by atoms with Gasteiger partial charge in [0.25, 0.3) is 10.2 Å². The topological polar surface area (TPSA) is 201 Å². The Morgan fingerprint density at radius 3 is 2.36 bits per heavy atom. The summed E-state index contributed by atoms with van der Waals surface area (Å²) in [7, 11) is 3.83. The molecular weight excluding hydrogens is 625 g/mol. The molecule has 234 valence electrons. The normalized spacial score (nSPS) is 17.0. The fourth-order valence-corrected chi connectivity index (χ4v) is 4.56. The van der Waals surface area contributed by atoms with Gasteiger partial charge in [0.1, 0.15) is 18.5 Å². The average Bonchev–Trinajstić information content (AvgIpc) is 3.62. The first-order valence-electron chi connectivity index (χ1n) is 12.5. The van der Waals surface area contributed by atoms with Crippen molar-refractivity contribution in [1.29, 1.82) is 0 Å². The molecule has 1 aliphatic heterocycles. The van der Waals surface area contributed by atoms with E-state index in [4.69, 9.17) is 68.1 Å². The van der Waals surface area contributed by atoms with E-state index in [0.29, 0.717) is 41.3 Å². The molecule has 2 unspecified atom stereocenters. The number of ether oxygens (including phenoxy) is 3. The Morgan fingerprint density at radius 2 is 1.77 bits per heavy atom. The molecule has 1 fully saturated rings. The zero-order valence-corrected chi connectivity index (χ0v) is 24.8. The predicted octanol–water partition coefficient (Wildman–Crippen LogP) is 4.36. The van der Waals surface area contributed by atoms with Crippen molar-refractivity contribution in [2.45, 2.75) is 18.4 Å². The minimum Gasteiger partial charge on any atom is -0.491 e. The number of nitrogens with zero attached hydrogens (tertiary/aromatic N) is 7. The standard InChI is InChI=1S/C26H25Cl2N5O3.2HNO3/c1-32(2)25-30-10-9-24(31-25)18-3-6-20(7-4-18)34-14-21-15-35-26(36-21,16-33-12-11-29-17-33)22-8-5-19(27)13-23(22)28;2*2-1(3)4/h3-13,17,21H,14-16H2,1-2H3;2*(H,2,3,4). The highest BCUT2D eigenvalue weighted by Crippen LogP contribution is 2.40. The third-order valence-electron chi connectivity index (χ3n) is 5.78. The van der Waals surface area contributed by atoms with Gasteiger partial charge in [-0.3, -0.25) is 0 Å². The summed E-state index contributed by atoms with van der Waals surface area (Å²) in [4.78, 5) is 31.6. The lowest BCUT2D eigenvalue weighted by molar-refractivity contribution is -0.742. The molecule has 4 aromatic rings. The molecule has 2 N–H and O–H groups in total. The number of halogens is 2. The Bertz CT molecular complexity index is 1510. The maximum atomic E-state index is 8.36. The van der Waals surface area contributed by atoms with Crippen LogP contribution in [0.3, 0.4) is 0 Å². The van der Waals surface area contributed by atoms with Crippen molar-refractivity contribution in [2.24, 2.45) is 0 Å². The van der Waals surface area contributed by atoms with Gasteiger partial charge < -0.3 is 34.1 Å². The van der Waals surface area contributed by atoms with E-state index in [0.717, 1.165) is 17.0 Å². The van der Waals surface area contributed by atoms with Crippen LogP contribution in [-0.4, -0.2) is 73.5 Å². The average molecular weight is 652 g/mol. The molecular formula is C26H27Cl2N7O9. The second-order valence-electron chi connectivity index (χ2n) is 9.11. The predicted molar refractivity (Wildman–Crippen MR) is 156 cm³/mol. The lowest BCUT2D eigenvalue weighted by atomic mass is 10.1. The van der Waals surface area contributed by atoms with Crippen molar-refractivity contribution in [1.82, 2.24) is 19.5 Å². The Labute approximate surface area is 260 Å². The quantitative estimate of drug-likeness (QED) is 0.201. The number of hydrogen-bond donors (Lipinski definition) is 2. The molecule has 3 heterocycles. The molecule has 0 bridgehead atoms. The van der Waals surface area contributed by atoms with Crippen LogP contribution in [0.2, 0.25) is 10.0 Å². The second-order valence-corrected chi connectivity index (χ2v) is 9.95. The highest BCUT2D eigenvalue weighted by atomic mass is 35.5. The summed E-state index contributed by atoms with van der Waals surface area (Å²) in [6.45, 7) is 1.04. The molecule has 44 heavy (non-hydrogen) atoms. The minimum absolute atomic E-state index is 0.301. The summed E-state index contributed by atoms with van der Waals surface area (Å²) in [5.41, 5.74) is 2.53. The summed E-state index contributed by atoms with van der Waals surface area (Å²) >= 11 is 12.7. The third-order valence-corrected chi connectivity index (χ3v) is 6.33. The molecule has 1 saturated heterocycles. The van der Waals surface area contributed by atoms with E-state index in [1.807, 2.05) is 66.2 Å². The minimum atomic E-state index is -1.50. The molecule has 5 rings (SSSR count). The number of hydrogen-bond acceptors (Lipinski definition) is 11. The SMILES string of the molecule is CN(C)c1nccc(-c2ccc(OCC3COC(Cn4ccnc4)(c4ccc(Cl)cc4Cl)O3)cc2)n1.O=[N+]([O-])O.O=[N+]([O-])O. The molecule has 16 nitrogen and oxygen atoms in total. The van der Waals surface area contributed by atoms with Gasteiger partial charge >= 0.3 is 0 Å². The van der Waals surface area contributed by atoms with E-state index in [-0.39, 0.29) is 6.10 Å². The first kappa shape index (κ1) is 33.7. The van der Waals surface area contributed by atoms with Crippen molar-refractivity contribution in [2.75, 3.05) is 32.2 Å². The van der Waals surface area contributed by atoms with Gasteiger partial charge in [-0.15, -0.1) is 20.2 Å². The smallest absolute Gasteiger partial charge is 0.291 e. The van der Waals surface area contributed by atoms with E-state index < -0.39 is 16.0 Å². The molecule has 0 saturated carbocycles. The zero-order chi connectivity index (χ0) is 32.3. The van der Waals surface area contributed by atoms with Crippen LogP contribution < -0.4 is 9.64 Å². The van der Waals surface area contributed by atoms with Gasteiger partial charge in [-0.2, -0.15) is 0 Å². The van der Waals surface area contributed by atoms with Crippen LogP contribution in [0.5, 0.6) is 5.75 Å². The van der Waals surface area contributed by atoms with Crippen LogP contribution in [0, 0.1) is 20.2 Å². The maximum absolute atomic E-state index is 8.36. The fourth-order valence-electron chi connectivity index (χ4n) is 4.01.